The molecule has 2 rings (SSSR count). The van der Waals surface area contributed by atoms with Crippen molar-refractivity contribution in [3.05, 3.63) is 27.3 Å². The van der Waals surface area contributed by atoms with Gasteiger partial charge >= 0.3 is 7.12 Å². The monoisotopic (exact) mass is 288 g/mol. The average molecular weight is 288 g/mol. The summed E-state index contributed by atoms with van der Waals surface area (Å²) in [6, 6.07) is 6.02. The van der Waals surface area contributed by atoms with Crippen LogP contribution in [0.4, 0.5) is 0 Å². The Balaban J connectivity index is 2.59. The van der Waals surface area contributed by atoms with Crippen LogP contribution < -0.4 is 5.46 Å². The van der Waals surface area contributed by atoms with E-state index in [4.69, 9.17) is 4.65 Å². The first-order valence-electron chi connectivity index (χ1n) is 4.16. The summed E-state index contributed by atoms with van der Waals surface area (Å²) in [5, 5.41) is 9.62. The molecule has 0 atom stereocenters. The second kappa shape index (κ2) is 2.97. The van der Waals surface area contributed by atoms with E-state index in [1.165, 1.54) is 0 Å². The Morgan fingerprint density at radius 1 is 1.46 bits per heavy atom. The molecule has 0 aliphatic carbocycles. The van der Waals surface area contributed by atoms with Crippen molar-refractivity contribution in [2.24, 2.45) is 0 Å². The van der Waals surface area contributed by atoms with E-state index in [0.717, 1.165) is 14.6 Å². The molecule has 0 aromatic heterocycles. The number of fused-ring (bicyclic) bond motifs is 1. The van der Waals surface area contributed by atoms with Crippen LogP contribution in [0.25, 0.3) is 0 Å². The molecule has 0 radical (unpaired) electrons. The van der Waals surface area contributed by atoms with Gasteiger partial charge in [0.05, 0.1) is 5.60 Å². The Morgan fingerprint density at radius 3 is 2.85 bits per heavy atom. The van der Waals surface area contributed by atoms with Crippen LogP contribution in [0.3, 0.4) is 0 Å². The maximum Gasteiger partial charge on any atom is 0.492 e. The van der Waals surface area contributed by atoms with E-state index < -0.39 is 7.12 Å². The lowest BCUT2D eigenvalue weighted by atomic mass is 9.78. The molecular formula is C9H10BIO2. The zero-order valence-corrected chi connectivity index (χ0v) is 9.70. The van der Waals surface area contributed by atoms with Gasteiger partial charge in [0.25, 0.3) is 0 Å². The molecule has 0 bridgehead atoms. The molecule has 1 N–H and O–H groups in total. The standard InChI is InChI=1S/C9H10BIO2/c1-9(2)7-4-3-6(11)5-8(7)10(12)13-9/h3-5,12H,1-2H3. The predicted octanol–water partition coefficient (Wildman–Crippen LogP) is 1.24. The number of halogens is 1. The molecule has 1 aromatic carbocycles. The average Bonchev–Trinajstić information content (AvgIpc) is 2.22. The molecule has 2 nitrogen and oxygen atoms in total. The van der Waals surface area contributed by atoms with Gasteiger partial charge < -0.3 is 9.68 Å². The van der Waals surface area contributed by atoms with Crippen LogP contribution in [0.15, 0.2) is 18.2 Å². The zero-order chi connectivity index (χ0) is 9.64. The van der Waals surface area contributed by atoms with Crippen LogP contribution in [-0.2, 0) is 10.3 Å². The summed E-state index contributed by atoms with van der Waals surface area (Å²) in [6.45, 7) is 3.93. The number of hydrogen-bond acceptors (Lipinski definition) is 2. The summed E-state index contributed by atoms with van der Waals surface area (Å²) in [4.78, 5) is 0. The van der Waals surface area contributed by atoms with Crippen molar-refractivity contribution in [1.29, 1.82) is 0 Å². The molecule has 0 fully saturated rings. The second-order valence-corrected chi connectivity index (χ2v) is 4.96. The maximum absolute atomic E-state index is 9.62. The van der Waals surface area contributed by atoms with E-state index in [9.17, 15) is 5.02 Å². The second-order valence-electron chi connectivity index (χ2n) is 3.71. The van der Waals surface area contributed by atoms with Crippen molar-refractivity contribution in [2.45, 2.75) is 19.4 Å². The highest BCUT2D eigenvalue weighted by Crippen LogP contribution is 2.29. The predicted molar refractivity (Wildman–Crippen MR) is 60.9 cm³/mol. The van der Waals surface area contributed by atoms with Crippen molar-refractivity contribution < 1.29 is 9.68 Å². The molecule has 1 aliphatic heterocycles. The third-order valence-electron chi connectivity index (χ3n) is 2.33. The van der Waals surface area contributed by atoms with E-state index in [-0.39, 0.29) is 5.60 Å². The Bertz CT molecular complexity index is 351. The Labute approximate surface area is 91.6 Å². The molecule has 0 unspecified atom stereocenters. The molecule has 1 heterocycles. The van der Waals surface area contributed by atoms with Gasteiger partial charge in [0.15, 0.2) is 0 Å². The largest absolute Gasteiger partial charge is 0.492 e. The third kappa shape index (κ3) is 1.51. The normalized spacial score (nSPS) is 18.9. The van der Waals surface area contributed by atoms with Gasteiger partial charge in [-0.3, -0.25) is 0 Å². The molecule has 1 aliphatic rings. The van der Waals surface area contributed by atoms with Crippen LogP contribution in [-0.4, -0.2) is 12.1 Å². The summed E-state index contributed by atoms with van der Waals surface area (Å²) in [5.41, 5.74) is 1.62. The minimum absolute atomic E-state index is 0.362. The van der Waals surface area contributed by atoms with Gasteiger partial charge in [-0.15, -0.1) is 0 Å². The van der Waals surface area contributed by atoms with Crippen molar-refractivity contribution in [2.75, 3.05) is 0 Å². The van der Waals surface area contributed by atoms with Crippen molar-refractivity contribution in [3.8, 4) is 0 Å². The fourth-order valence-electron chi connectivity index (χ4n) is 1.69. The van der Waals surface area contributed by atoms with E-state index >= 15 is 0 Å². The van der Waals surface area contributed by atoms with Crippen LogP contribution in [0.5, 0.6) is 0 Å². The molecule has 4 heteroatoms. The van der Waals surface area contributed by atoms with Gasteiger partial charge in [-0.05, 0) is 59.6 Å². The van der Waals surface area contributed by atoms with Crippen molar-refractivity contribution >= 4 is 35.2 Å². The van der Waals surface area contributed by atoms with E-state index in [1.807, 2.05) is 32.0 Å². The number of benzene rings is 1. The summed E-state index contributed by atoms with van der Waals surface area (Å²) in [6.07, 6.45) is 0. The number of rotatable bonds is 0. The summed E-state index contributed by atoms with van der Waals surface area (Å²) < 4.78 is 6.55. The van der Waals surface area contributed by atoms with Gasteiger partial charge in [-0.2, -0.15) is 0 Å². The molecule has 68 valence electrons. The zero-order valence-electron chi connectivity index (χ0n) is 7.54. The van der Waals surface area contributed by atoms with E-state index in [1.54, 1.807) is 0 Å². The van der Waals surface area contributed by atoms with Crippen LogP contribution >= 0.6 is 22.6 Å². The fourth-order valence-corrected chi connectivity index (χ4v) is 2.21. The lowest BCUT2D eigenvalue weighted by Crippen LogP contribution is -2.28. The first-order valence-corrected chi connectivity index (χ1v) is 5.24. The first-order chi connectivity index (χ1) is 6.00. The van der Waals surface area contributed by atoms with E-state index in [2.05, 4.69) is 22.6 Å². The summed E-state index contributed by atoms with van der Waals surface area (Å²) >= 11 is 2.23. The lowest BCUT2D eigenvalue weighted by Gasteiger charge is -2.19. The summed E-state index contributed by atoms with van der Waals surface area (Å²) in [7, 11) is -0.764. The smallest absolute Gasteiger partial charge is 0.423 e. The number of hydrogen-bond donors (Lipinski definition) is 1. The van der Waals surface area contributed by atoms with Gasteiger partial charge in [0, 0.05) is 3.57 Å². The molecular weight excluding hydrogens is 278 g/mol. The van der Waals surface area contributed by atoms with Gasteiger partial charge in [0.1, 0.15) is 0 Å². The quantitative estimate of drug-likeness (QED) is 0.575. The highest BCUT2D eigenvalue weighted by atomic mass is 127. The van der Waals surface area contributed by atoms with Gasteiger partial charge in [-0.25, -0.2) is 0 Å². The van der Waals surface area contributed by atoms with Gasteiger partial charge in [0.2, 0.25) is 0 Å². The highest BCUT2D eigenvalue weighted by Gasteiger charge is 2.40. The first kappa shape index (κ1) is 9.49. The minimum Gasteiger partial charge on any atom is -0.423 e. The summed E-state index contributed by atoms with van der Waals surface area (Å²) in [5.74, 6) is 0. The van der Waals surface area contributed by atoms with Crippen LogP contribution in [0.2, 0.25) is 0 Å². The SMILES string of the molecule is CC1(C)OB(O)c2cc(I)ccc21. The Kier molecular flexibility index (Phi) is 2.16. The van der Waals surface area contributed by atoms with Crippen LogP contribution in [0.1, 0.15) is 19.4 Å². The Morgan fingerprint density at radius 2 is 2.15 bits per heavy atom. The van der Waals surface area contributed by atoms with E-state index in [0.29, 0.717) is 0 Å². The van der Waals surface area contributed by atoms with Crippen molar-refractivity contribution in [1.82, 2.24) is 0 Å². The topological polar surface area (TPSA) is 29.5 Å². The molecule has 0 amide bonds. The lowest BCUT2D eigenvalue weighted by molar-refractivity contribution is 0.101. The van der Waals surface area contributed by atoms with Crippen LogP contribution in [0, 0.1) is 3.57 Å². The highest BCUT2D eigenvalue weighted by molar-refractivity contribution is 14.1. The molecule has 0 saturated carbocycles. The maximum atomic E-state index is 9.62. The molecule has 0 saturated heterocycles. The Hall–Kier alpha value is -0.0651. The minimum atomic E-state index is -0.764. The molecule has 1 aromatic rings. The molecule has 0 spiro atoms. The van der Waals surface area contributed by atoms with Gasteiger partial charge in [-0.1, -0.05) is 6.07 Å². The van der Waals surface area contributed by atoms with Crippen molar-refractivity contribution in [3.63, 3.8) is 0 Å². The molecule has 13 heavy (non-hydrogen) atoms. The fraction of sp³-hybridized carbons (Fsp3) is 0.333. The third-order valence-corrected chi connectivity index (χ3v) is 3.01.